The fourth-order valence-corrected chi connectivity index (χ4v) is 4.45. The highest BCUT2D eigenvalue weighted by atomic mass is 79.9. The minimum atomic E-state index is -3.88. The molecule has 4 nitrogen and oxygen atoms in total. The van der Waals surface area contributed by atoms with Crippen LogP contribution in [0.1, 0.15) is 12.0 Å². The molecule has 0 radical (unpaired) electrons. The number of benzene rings is 1. The summed E-state index contributed by atoms with van der Waals surface area (Å²) in [6.07, 6.45) is 0.594. The minimum absolute atomic E-state index is 0.0864. The van der Waals surface area contributed by atoms with Gasteiger partial charge in [0.25, 0.3) is 0 Å². The molecule has 0 bridgehead atoms. The Morgan fingerprint density at radius 2 is 2.10 bits per heavy atom. The van der Waals surface area contributed by atoms with Crippen LogP contribution >= 0.6 is 27.5 Å². The van der Waals surface area contributed by atoms with Crippen LogP contribution in [-0.4, -0.2) is 39.0 Å². The molecule has 0 unspecified atom stereocenters. The van der Waals surface area contributed by atoms with Gasteiger partial charge in [-0.2, -0.15) is 4.31 Å². The van der Waals surface area contributed by atoms with Crippen LogP contribution in [0, 0.1) is 5.82 Å². The lowest BCUT2D eigenvalue weighted by molar-refractivity contribution is 0.148. The molecule has 1 fully saturated rings. The molecule has 0 atom stereocenters. The van der Waals surface area contributed by atoms with Gasteiger partial charge in [0, 0.05) is 29.7 Å². The second kappa shape index (κ2) is 6.70. The lowest BCUT2D eigenvalue weighted by Gasteiger charge is -2.20. The Balaban J connectivity index is 2.45. The van der Waals surface area contributed by atoms with E-state index in [0.29, 0.717) is 30.7 Å². The fraction of sp³-hybridized carbons (Fsp3) is 0.500. The van der Waals surface area contributed by atoms with Gasteiger partial charge in [-0.15, -0.1) is 11.6 Å². The largest absolute Gasteiger partial charge is 0.380 e. The maximum Gasteiger partial charge on any atom is 0.246 e. The van der Waals surface area contributed by atoms with Crippen molar-refractivity contribution in [1.82, 2.24) is 4.31 Å². The van der Waals surface area contributed by atoms with E-state index < -0.39 is 15.8 Å². The number of nitrogens with zero attached hydrogens (tertiary/aromatic N) is 1. The number of ether oxygens (including phenoxy) is 1. The Morgan fingerprint density at radius 3 is 2.80 bits per heavy atom. The Kier molecular flexibility index (Phi) is 5.42. The van der Waals surface area contributed by atoms with Crippen molar-refractivity contribution in [2.24, 2.45) is 0 Å². The first-order valence-electron chi connectivity index (χ1n) is 6.08. The Bertz CT molecular complexity index is 589. The number of halogens is 3. The highest BCUT2D eigenvalue weighted by molar-refractivity contribution is 9.10. The van der Waals surface area contributed by atoms with Crippen LogP contribution in [0.5, 0.6) is 0 Å². The first-order chi connectivity index (χ1) is 9.46. The van der Waals surface area contributed by atoms with E-state index in [-0.39, 0.29) is 22.9 Å². The molecule has 0 aliphatic carbocycles. The van der Waals surface area contributed by atoms with Gasteiger partial charge in [0.1, 0.15) is 10.7 Å². The van der Waals surface area contributed by atoms with Gasteiger partial charge in [0.2, 0.25) is 10.0 Å². The van der Waals surface area contributed by atoms with Gasteiger partial charge in [0.15, 0.2) is 0 Å². The Hall–Kier alpha value is -0.210. The van der Waals surface area contributed by atoms with Crippen LogP contribution in [0.15, 0.2) is 21.5 Å². The quantitative estimate of drug-likeness (QED) is 0.751. The van der Waals surface area contributed by atoms with Crippen LogP contribution in [0.25, 0.3) is 0 Å². The summed E-state index contributed by atoms with van der Waals surface area (Å²) < 4.78 is 46.3. The topological polar surface area (TPSA) is 46.6 Å². The zero-order chi connectivity index (χ0) is 14.8. The molecule has 1 aliphatic rings. The summed E-state index contributed by atoms with van der Waals surface area (Å²) in [5.41, 5.74) is 0.158. The first-order valence-corrected chi connectivity index (χ1v) is 8.85. The SMILES string of the molecule is O=S(=O)(c1cc(Br)cc(CCl)c1F)N1CCCOCC1. The second-order valence-corrected chi connectivity index (χ2v) is 7.47. The van der Waals surface area contributed by atoms with Gasteiger partial charge >= 0.3 is 0 Å². The fourth-order valence-electron chi connectivity index (χ4n) is 2.01. The highest BCUT2D eigenvalue weighted by Gasteiger charge is 2.29. The molecule has 1 saturated heterocycles. The van der Waals surface area contributed by atoms with E-state index in [0.717, 1.165) is 0 Å². The third-order valence-electron chi connectivity index (χ3n) is 3.02. The maximum atomic E-state index is 14.3. The molecule has 0 aromatic heterocycles. The van der Waals surface area contributed by atoms with Crippen LogP contribution in [-0.2, 0) is 20.6 Å². The Morgan fingerprint density at radius 1 is 1.35 bits per heavy atom. The summed E-state index contributed by atoms with van der Waals surface area (Å²) >= 11 is 8.84. The average molecular weight is 387 g/mol. The summed E-state index contributed by atoms with van der Waals surface area (Å²) in [5.74, 6) is -0.870. The summed E-state index contributed by atoms with van der Waals surface area (Å²) in [6.45, 7) is 1.38. The predicted octanol–water partition coefficient (Wildman–Crippen LogP) is 2.74. The zero-order valence-electron chi connectivity index (χ0n) is 10.6. The third kappa shape index (κ3) is 3.33. The molecule has 8 heteroatoms. The van der Waals surface area contributed by atoms with Crippen LogP contribution < -0.4 is 0 Å². The molecule has 0 N–H and O–H groups in total. The van der Waals surface area contributed by atoms with Gasteiger partial charge in [-0.25, -0.2) is 12.8 Å². The summed E-state index contributed by atoms with van der Waals surface area (Å²) in [5, 5.41) is 0. The second-order valence-electron chi connectivity index (χ2n) is 4.38. The normalized spacial score (nSPS) is 17.9. The lowest BCUT2D eigenvalue weighted by Crippen LogP contribution is -2.34. The standard InChI is InChI=1S/C12H14BrClFNO3S/c13-10-6-9(8-14)12(15)11(7-10)20(17,18)16-2-1-4-19-5-3-16/h6-7H,1-5,8H2. The van der Waals surface area contributed by atoms with Crippen molar-refractivity contribution in [3.05, 3.63) is 28.0 Å². The van der Waals surface area contributed by atoms with E-state index in [1.807, 2.05) is 0 Å². The number of hydrogen-bond acceptors (Lipinski definition) is 3. The molecule has 112 valence electrons. The monoisotopic (exact) mass is 385 g/mol. The summed E-state index contributed by atoms with van der Waals surface area (Å²) in [6, 6.07) is 2.75. The van der Waals surface area contributed by atoms with E-state index >= 15 is 0 Å². The van der Waals surface area contributed by atoms with Crippen molar-refractivity contribution in [3.8, 4) is 0 Å². The first kappa shape index (κ1) is 16.2. The van der Waals surface area contributed by atoms with E-state index in [2.05, 4.69) is 15.9 Å². The van der Waals surface area contributed by atoms with E-state index in [4.69, 9.17) is 16.3 Å². The predicted molar refractivity (Wildman–Crippen MR) is 77.9 cm³/mol. The summed E-state index contributed by atoms with van der Waals surface area (Å²) in [7, 11) is -3.88. The molecule has 0 spiro atoms. The number of rotatable bonds is 3. The van der Waals surface area contributed by atoms with Gasteiger partial charge in [-0.05, 0) is 18.6 Å². The van der Waals surface area contributed by atoms with E-state index in [1.165, 1.54) is 16.4 Å². The zero-order valence-corrected chi connectivity index (χ0v) is 13.8. The minimum Gasteiger partial charge on any atom is -0.380 e. The van der Waals surface area contributed by atoms with E-state index in [9.17, 15) is 12.8 Å². The number of hydrogen-bond donors (Lipinski definition) is 0. The molecule has 0 amide bonds. The van der Waals surface area contributed by atoms with E-state index in [1.54, 1.807) is 0 Å². The van der Waals surface area contributed by atoms with Crippen molar-refractivity contribution in [2.45, 2.75) is 17.2 Å². The molecular formula is C12H14BrClFNO3S. The molecule has 1 heterocycles. The lowest BCUT2D eigenvalue weighted by atomic mass is 10.2. The molecule has 0 saturated carbocycles. The molecule has 2 rings (SSSR count). The molecule has 1 aromatic carbocycles. The highest BCUT2D eigenvalue weighted by Crippen LogP contribution is 2.27. The van der Waals surface area contributed by atoms with Gasteiger partial charge in [-0.1, -0.05) is 15.9 Å². The van der Waals surface area contributed by atoms with Gasteiger partial charge < -0.3 is 4.74 Å². The van der Waals surface area contributed by atoms with Crippen molar-refractivity contribution in [2.75, 3.05) is 26.3 Å². The number of sulfonamides is 1. The van der Waals surface area contributed by atoms with Crippen molar-refractivity contribution >= 4 is 37.6 Å². The van der Waals surface area contributed by atoms with Gasteiger partial charge in [-0.3, -0.25) is 0 Å². The van der Waals surface area contributed by atoms with Crippen molar-refractivity contribution in [1.29, 1.82) is 0 Å². The van der Waals surface area contributed by atoms with Crippen LogP contribution in [0.3, 0.4) is 0 Å². The molecule has 1 aromatic rings. The molecule has 20 heavy (non-hydrogen) atoms. The van der Waals surface area contributed by atoms with Crippen LogP contribution in [0.2, 0.25) is 0 Å². The molecule has 1 aliphatic heterocycles. The summed E-state index contributed by atoms with van der Waals surface area (Å²) in [4.78, 5) is -0.343. The smallest absolute Gasteiger partial charge is 0.246 e. The Labute approximate surface area is 131 Å². The van der Waals surface area contributed by atoms with Gasteiger partial charge in [0.05, 0.1) is 12.5 Å². The average Bonchev–Trinajstić information content (AvgIpc) is 2.70. The van der Waals surface area contributed by atoms with Crippen molar-refractivity contribution in [3.63, 3.8) is 0 Å². The third-order valence-corrected chi connectivity index (χ3v) is 5.67. The number of alkyl halides is 1. The molecular weight excluding hydrogens is 373 g/mol. The van der Waals surface area contributed by atoms with Crippen molar-refractivity contribution < 1.29 is 17.5 Å². The van der Waals surface area contributed by atoms with Crippen LogP contribution in [0.4, 0.5) is 4.39 Å². The maximum absolute atomic E-state index is 14.3.